The zero-order chi connectivity index (χ0) is 11.0. The van der Waals surface area contributed by atoms with Gasteiger partial charge in [0, 0.05) is 25.2 Å². The number of nitrogens with zero attached hydrogens (tertiary/aromatic N) is 1. The number of hydrogen-bond donors (Lipinski definition) is 2. The van der Waals surface area contributed by atoms with Gasteiger partial charge in [-0.2, -0.15) is 0 Å². The lowest BCUT2D eigenvalue weighted by Crippen LogP contribution is -2.46. The van der Waals surface area contributed by atoms with Gasteiger partial charge in [-0.3, -0.25) is 9.69 Å². The van der Waals surface area contributed by atoms with E-state index >= 15 is 0 Å². The predicted octanol–water partition coefficient (Wildman–Crippen LogP) is 0.776. The van der Waals surface area contributed by atoms with Crippen LogP contribution < -0.4 is 11.1 Å². The molecule has 0 aromatic rings. The fourth-order valence-corrected chi connectivity index (χ4v) is 2.24. The molecule has 1 aliphatic carbocycles. The van der Waals surface area contributed by atoms with Crippen molar-refractivity contribution >= 4 is 30.7 Å². The maximum Gasteiger partial charge on any atom is 0.236 e. The Morgan fingerprint density at radius 2 is 1.94 bits per heavy atom. The summed E-state index contributed by atoms with van der Waals surface area (Å²) >= 11 is 0. The van der Waals surface area contributed by atoms with Crippen molar-refractivity contribution in [2.24, 2.45) is 11.7 Å². The third-order valence-corrected chi connectivity index (χ3v) is 3.45. The Kier molecular flexibility index (Phi) is 6.77. The molecule has 1 saturated carbocycles. The lowest BCUT2D eigenvalue weighted by Gasteiger charge is -2.18. The van der Waals surface area contributed by atoms with Crippen LogP contribution in [0.2, 0.25) is 0 Å². The smallest absolute Gasteiger partial charge is 0.236 e. The lowest BCUT2D eigenvalue weighted by molar-refractivity contribution is -0.122. The molecule has 0 spiro atoms. The Balaban J connectivity index is 0.00000128. The van der Waals surface area contributed by atoms with E-state index in [2.05, 4.69) is 17.1 Å². The molecule has 3 unspecified atom stereocenters. The molecule has 2 rings (SSSR count). The van der Waals surface area contributed by atoms with Crippen LogP contribution in [0.25, 0.3) is 0 Å². The van der Waals surface area contributed by atoms with E-state index in [-0.39, 0.29) is 30.7 Å². The average Bonchev–Trinajstić information content (AvgIpc) is 2.93. The van der Waals surface area contributed by atoms with Crippen molar-refractivity contribution in [2.45, 2.75) is 44.8 Å². The number of nitrogens with one attached hydrogen (secondary N) is 1. The van der Waals surface area contributed by atoms with Crippen molar-refractivity contribution in [3.63, 3.8) is 0 Å². The normalized spacial score (nSPS) is 30.1. The Morgan fingerprint density at radius 1 is 1.35 bits per heavy atom. The Morgan fingerprint density at radius 3 is 2.41 bits per heavy atom. The van der Waals surface area contributed by atoms with Gasteiger partial charge in [-0.15, -0.1) is 24.8 Å². The maximum atomic E-state index is 11.5. The first kappa shape index (κ1) is 17.0. The van der Waals surface area contributed by atoms with Crippen LogP contribution in [0.3, 0.4) is 0 Å². The highest BCUT2D eigenvalue weighted by Crippen LogP contribution is 2.31. The highest BCUT2D eigenvalue weighted by molar-refractivity contribution is 5.85. The number of rotatable bonds is 3. The highest BCUT2D eigenvalue weighted by atomic mass is 35.5. The summed E-state index contributed by atoms with van der Waals surface area (Å²) in [6, 6.07) is 0.695. The fourth-order valence-electron chi connectivity index (χ4n) is 2.24. The molecule has 1 heterocycles. The minimum absolute atomic E-state index is 0. The van der Waals surface area contributed by atoms with E-state index in [1.165, 1.54) is 12.8 Å². The van der Waals surface area contributed by atoms with E-state index in [1.54, 1.807) is 6.92 Å². The quantitative estimate of drug-likeness (QED) is 0.805. The lowest BCUT2D eigenvalue weighted by atomic mass is 10.1. The van der Waals surface area contributed by atoms with Gasteiger partial charge in [-0.05, 0) is 25.7 Å². The van der Waals surface area contributed by atoms with Crippen molar-refractivity contribution in [2.75, 3.05) is 13.1 Å². The molecule has 102 valence electrons. The Bertz CT molecular complexity index is 259. The molecular weight excluding hydrogens is 261 g/mol. The summed E-state index contributed by atoms with van der Waals surface area (Å²) < 4.78 is 0. The standard InChI is InChI=1S/C11H21N3O.2ClH/c1-7-5-14(9-3-4-9)6-10(7)13-11(15)8(2)12;;/h7-10H,3-6,12H2,1-2H3,(H,13,15);2*1H. The summed E-state index contributed by atoms with van der Waals surface area (Å²) in [6.45, 7) is 6.06. The minimum Gasteiger partial charge on any atom is -0.350 e. The fraction of sp³-hybridized carbons (Fsp3) is 0.909. The van der Waals surface area contributed by atoms with Gasteiger partial charge >= 0.3 is 0 Å². The van der Waals surface area contributed by atoms with Gasteiger partial charge in [0.15, 0.2) is 0 Å². The van der Waals surface area contributed by atoms with Gasteiger partial charge in [0.2, 0.25) is 5.91 Å². The molecule has 17 heavy (non-hydrogen) atoms. The van der Waals surface area contributed by atoms with E-state index in [0.717, 1.165) is 19.1 Å². The van der Waals surface area contributed by atoms with E-state index in [4.69, 9.17) is 5.73 Å². The molecule has 2 fully saturated rings. The second-order valence-corrected chi connectivity index (χ2v) is 5.07. The van der Waals surface area contributed by atoms with Crippen LogP contribution in [0, 0.1) is 5.92 Å². The molecule has 0 bridgehead atoms. The van der Waals surface area contributed by atoms with Crippen LogP contribution in [0.1, 0.15) is 26.7 Å². The molecular formula is C11H23Cl2N3O. The van der Waals surface area contributed by atoms with E-state index in [1.807, 2.05) is 0 Å². The van der Waals surface area contributed by atoms with E-state index in [0.29, 0.717) is 12.0 Å². The third-order valence-electron chi connectivity index (χ3n) is 3.45. The van der Waals surface area contributed by atoms with Crippen molar-refractivity contribution in [1.82, 2.24) is 10.2 Å². The summed E-state index contributed by atoms with van der Waals surface area (Å²) in [6.07, 6.45) is 2.67. The van der Waals surface area contributed by atoms with Gasteiger partial charge in [0.1, 0.15) is 0 Å². The SMILES string of the molecule is CC(N)C(=O)NC1CN(C2CC2)CC1C.Cl.Cl. The van der Waals surface area contributed by atoms with Crippen molar-refractivity contribution in [3.8, 4) is 0 Å². The predicted molar refractivity (Wildman–Crippen MR) is 73.8 cm³/mol. The zero-order valence-electron chi connectivity index (χ0n) is 10.4. The number of halogens is 2. The third kappa shape index (κ3) is 4.28. The van der Waals surface area contributed by atoms with Gasteiger partial charge in [0.05, 0.1) is 6.04 Å². The molecule has 0 aromatic carbocycles. The number of carbonyl (C=O) groups excluding carboxylic acids is 1. The summed E-state index contributed by atoms with van der Waals surface area (Å²) in [7, 11) is 0. The van der Waals surface area contributed by atoms with Crippen LogP contribution in [0.15, 0.2) is 0 Å². The van der Waals surface area contributed by atoms with Crippen molar-refractivity contribution in [3.05, 3.63) is 0 Å². The van der Waals surface area contributed by atoms with E-state index in [9.17, 15) is 4.79 Å². The monoisotopic (exact) mass is 283 g/mol. The molecule has 0 aromatic heterocycles. The van der Waals surface area contributed by atoms with Crippen LogP contribution >= 0.6 is 24.8 Å². The molecule has 6 heteroatoms. The molecule has 2 aliphatic rings. The van der Waals surface area contributed by atoms with Crippen LogP contribution in [0.4, 0.5) is 0 Å². The number of amides is 1. The molecule has 1 amide bonds. The Hall–Kier alpha value is -0.0300. The van der Waals surface area contributed by atoms with Crippen molar-refractivity contribution in [1.29, 1.82) is 0 Å². The molecule has 3 atom stereocenters. The summed E-state index contributed by atoms with van der Waals surface area (Å²) in [5, 5.41) is 3.04. The zero-order valence-corrected chi connectivity index (χ0v) is 12.0. The summed E-state index contributed by atoms with van der Waals surface area (Å²) in [4.78, 5) is 14.0. The van der Waals surface area contributed by atoms with Gasteiger partial charge < -0.3 is 11.1 Å². The van der Waals surface area contributed by atoms with Crippen molar-refractivity contribution < 1.29 is 4.79 Å². The second kappa shape index (κ2) is 6.78. The topological polar surface area (TPSA) is 58.4 Å². The molecule has 3 N–H and O–H groups in total. The van der Waals surface area contributed by atoms with E-state index < -0.39 is 6.04 Å². The first-order valence-electron chi connectivity index (χ1n) is 5.88. The number of nitrogens with two attached hydrogens (primary N) is 1. The molecule has 1 aliphatic heterocycles. The summed E-state index contributed by atoms with van der Waals surface area (Å²) in [5.74, 6) is 0.526. The first-order valence-corrected chi connectivity index (χ1v) is 5.88. The molecule has 0 radical (unpaired) electrons. The highest BCUT2D eigenvalue weighted by Gasteiger charge is 2.38. The molecule has 1 saturated heterocycles. The summed E-state index contributed by atoms with van der Waals surface area (Å²) in [5.41, 5.74) is 5.54. The Labute approximate surface area is 115 Å². The average molecular weight is 284 g/mol. The van der Waals surface area contributed by atoms with Crippen LogP contribution in [0.5, 0.6) is 0 Å². The second-order valence-electron chi connectivity index (χ2n) is 5.07. The minimum atomic E-state index is -0.396. The first-order chi connectivity index (χ1) is 7.08. The van der Waals surface area contributed by atoms with Gasteiger partial charge in [-0.1, -0.05) is 6.92 Å². The van der Waals surface area contributed by atoms with Crippen LogP contribution in [-0.2, 0) is 4.79 Å². The number of carbonyl (C=O) groups is 1. The van der Waals surface area contributed by atoms with Gasteiger partial charge in [-0.25, -0.2) is 0 Å². The van der Waals surface area contributed by atoms with Crippen LogP contribution in [-0.4, -0.2) is 42.0 Å². The number of likely N-dealkylation sites (tertiary alicyclic amines) is 1. The largest absolute Gasteiger partial charge is 0.350 e. The number of hydrogen-bond acceptors (Lipinski definition) is 3. The molecule has 4 nitrogen and oxygen atoms in total. The maximum absolute atomic E-state index is 11.5. The van der Waals surface area contributed by atoms with Gasteiger partial charge in [0.25, 0.3) is 0 Å².